The summed E-state index contributed by atoms with van der Waals surface area (Å²) in [4.78, 5) is 13.3. The molecule has 0 aliphatic heterocycles. The lowest BCUT2D eigenvalue weighted by Crippen LogP contribution is -2.15. The molecule has 0 fully saturated rings. The molecule has 0 saturated heterocycles. The predicted molar refractivity (Wildman–Crippen MR) is 61.9 cm³/mol. The van der Waals surface area contributed by atoms with Gasteiger partial charge in [0.25, 0.3) is 0 Å². The van der Waals surface area contributed by atoms with Crippen molar-refractivity contribution in [2.45, 2.75) is 6.42 Å². The normalized spacial score (nSPS) is 11.2. The van der Waals surface area contributed by atoms with Gasteiger partial charge >= 0.3 is 5.97 Å². The number of hydrogen-bond acceptors (Lipinski definition) is 4. The highest BCUT2D eigenvalue weighted by Crippen LogP contribution is 2.02. The number of ether oxygens (including phenoxy) is 1. The summed E-state index contributed by atoms with van der Waals surface area (Å²) in [5, 5.41) is 0. The number of furan rings is 1. The number of carbonyl (C=O) groups is 1. The molecule has 88 valence electrons. The van der Waals surface area contributed by atoms with Gasteiger partial charge in [0.05, 0.1) is 12.9 Å². The molecule has 16 heavy (non-hydrogen) atoms. The number of hydrogen-bond donors (Lipinski definition) is 0. The molecule has 4 nitrogen and oxygen atoms in total. The quantitative estimate of drug-likeness (QED) is 0.419. The van der Waals surface area contributed by atoms with Crippen LogP contribution >= 0.6 is 0 Å². The largest absolute Gasteiger partial charge is 0.465 e. The van der Waals surface area contributed by atoms with Crippen molar-refractivity contribution in [3.63, 3.8) is 0 Å². The molecule has 4 heteroatoms. The van der Waals surface area contributed by atoms with Crippen LogP contribution in [0.1, 0.15) is 12.2 Å². The van der Waals surface area contributed by atoms with Crippen LogP contribution in [-0.4, -0.2) is 38.1 Å². The van der Waals surface area contributed by atoms with E-state index in [-0.39, 0.29) is 5.97 Å². The highest BCUT2D eigenvalue weighted by molar-refractivity contribution is 5.86. The average Bonchev–Trinajstić information content (AvgIpc) is 2.74. The van der Waals surface area contributed by atoms with E-state index in [1.54, 1.807) is 24.5 Å². The van der Waals surface area contributed by atoms with E-state index < -0.39 is 0 Å². The van der Waals surface area contributed by atoms with Gasteiger partial charge in [0.15, 0.2) is 0 Å². The summed E-state index contributed by atoms with van der Waals surface area (Å²) < 4.78 is 10.0. The molecule has 1 aromatic heterocycles. The Morgan fingerprint density at radius 1 is 1.56 bits per heavy atom. The lowest BCUT2D eigenvalue weighted by molar-refractivity contribution is -0.137. The van der Waals surface area contributed by atoms with Gasteiger partial charge in [0.2, 0.25) is 0 Å². The van der Waals surface area contributed by atoms with E-state index in [1.165, 1.54) is 6.08 Å². The number of esters is 1. The van der Waals surface area contributed by atoms with Crippen molar-refractivity contribution in [2.75, 3.05) is 27.2 Å². The van der Waals surface area contributed by atoms with Crippen molar-refractivity contribution in [1.29, 1.82) is 0 Å². The van der Waals surface area contributed by atoms with Gasteiger partial charge in [-0.05, 0) is 38.7 Å². The standard InChI is InChI=1S/C12H17NO3/c1-13(2)8-4-10-16-12(14)7-6-11-5-3-9-15-11/h3,5-7,9H,4,8,10H2,1-2H3/b7-6+. The van der Waals surface area contributed by atoms with Gasteiger partial charge in [-0.2, -0.15) is 0 Å². The van der Waals surface area contributed by atoms with Gasteiger partial charge in [0.1, 0.15) is 5.76 Å². The zero-order valence-electron chi connectivity index (χ0n) is 9.68. The fourth-order valence-corrected chi connectivity index (χ4v) is 1.14. The minimum absolute atomic E-state index is 0.338. The molecule has 0 N–H and O–H groups in total. The summed E-state index contributed by atoms with van der Waals surface area (Å²) in [7, 11) is 3.97. The summed E-state index contributed by atoms with van der Waals surface area (Å²) >= 11 is 0. The molecule has 0 amide bonds. The molecule has 0 saturated carbocycles. The van der Waals surface area contributed by atoms with Crippen LogP contribution in [0.5, 0.6) is 0 Å². The Hall–Kier alpha value is -1.55. The summed E-state index contributed by atoms with van der Waals surface area (Å²) in [6.45, 7) is 1.36. The van der Waals surface area contributed by atoms with Crippen LogP contribution in [0.3, 0.4) is 0 Å². The number of rotatable bonds is 6. The molecule has 0 radical (unpaired) electrons. The fraction of sp³-hybridized carbons (Fsp3) is 0.417. The second-order valence-electron chi connectivity index (χ2n) is 3.67. The molecule has 1 rings (SSSR count). The van der Waals surface area contributed by atoms with Crippen molar-refractivity contribution in [3.05, 3.63) is 30.2 Å². The molecule has 0 unspecified atom stereocenters. The first-order chi connectivity index (χ1) is 7.68. The maximum Gasteiger partial charge on any atom is 0.330 e. The summed E-state index contributed by atoms with van der Waals surface area (Å²) in [5.41, 5.74) is 0. The van der Waals surface area contributed by atoms with Crippen molar-refractivity contribution in [3.8, 4) is 0 Å². The molecule has 0 bridgehead atoms. The van der Waals surface area contributed by atoms with Gasteiger partial charge in [-0.3, -0.25) is 0 Å². The molecule has 0 aliphatic rings. The minimum atomic E-state index is -0.338. The SMILES string of the molecule is CN(C)CCCOC(=O)/C=C/c1ccco1. The molecule has 0 aromatic carbocycles. The van der Waals surface area contributed by atoms with E-state index in [0.29, 0.717) is 12.4 Å². The Morgan fingerprint density at radius 2 is 2.38 bits per heavy atom. The maximum absolute atomic E-state index is 11.2. The third-order valence-corrected chi connectivity index (χ3v) is 1.92. The Bertz CT molecular complexity index is 328. The van der Waals surface area contributed by atoms with Crippen molar-refractivity contribution in [1.82, 2.24) is 4.90 Å². The van der Waals surface area contributed by atoms with E-state index >= 15 is 0 Å². The third kappa shape index (κ3) is 5.36. The first kappa shape index (κ1) is 12.5. The van der Waals surface area contributed by atoms with Gasteiger partial charge in [-0.1, -0.05) is 0 Å². The molecular formula is C12H17NO3. The topological polar surface area (TPSA) is 42.7 Å². The monoisotopic (exact) mass is 223 g/mol. The van der Waals surface area contributed by atoms with Crippen LogP contribution in [0.25, 0.3) is 6.08 Å². The van der Waals surface area contributed by atoms with Crippen LogP contribution in [0.2, 0.25) is 0 Å². The Labute approximate surface area is 95.5 Å². The Balaban J connectivity index is 2.16. The van der Waals surface area contributed by atoms with Crippen molar-refractivity contribution in [2.24, 2.45) is 0 Å². The zero-order chi connectivity index (χ0) is 11.8. The summed E-state index contributed by atoms with van der Waals surface area (Å²) in [6, 6.07) is 3.54. The van der Waals surface area contributed by atoms with E-state index in [2.05, 4.69) is 0 Å². The molecule has 0 atom stereocenters. The second-order valence-corrected chi connectivity index (χ2v) is 3.67. The van der Waals surface area contributed by atoms with E-state index in [0.717, 1.165) is 13.0 Å². The van der Waals surface area contributed by atoms with Gasteiger partial charge < -0.3 is 14.1 Å². The highest BCUT2D eigenvalue weighted by atomic mass is 16.5. The fourth-order valence-electron chi connectivity index (χ4n) is 1.14. The first-order valence-electron chi connectivity index (χ1n) is 5.21. The summed E-state index contributed by atoms with van der Waals surface area (Å²) in [5.74, 6) is 0.306. The van der Waals surface area contributed by atoms with Crippen LogP contribution < -0.4 is 0 Å². The minimum Gasteiger partial charge on any atom is -0.465 e. The first-order valence-corrected chi connectivity index (χ1v) is 5.21. The Kier molecular flexibility index (Phi) is 5.36. The van der Waals surface area contributed by atoms with Gasteiger partial charge in [-0.15, -0.1) is 0 Å². The van der Waals surface area contributed by atoms with Crippen molar-refractivity contribution < 1.29 is 13.9 Å². The molecule has 0 spiro atoms. The van der Waals surface area contributed by atoms with E-state index in [4.69, 9.17) is 9.15 Å². The van der Waals surface area contributed by atoms with Crippen LogP contribution in [-0.2, 0) is 9.53 Å². The van der Waals surface area contributed by atoms with Crippen molar-refractivity contribution >= 4 is 12.0 Å². The lowest BCUT2D eigenvalue weighted by atomic mass is 10.4. The smallest absolute Gasteiger partial charge is 0.330 e. The number of carbonyl (C=O) groups excluding carboxylic acids is 1. The molecular weight excluding hydrogens is 206 g/mol. The second kappa shape index (κ2) is 6.85. The summed E-state index contributed by atoms with van der Waals surface area (Å²) in [6.07, 6.45) is 5.36. The van der Waals surface area contributed by atoms with E-state index in [9.17, 15) is 4.79 Å². The van der Waals surface area contributed by atoms with Crippen LogP contribution in [0, 0.1) is 0 Å². The highest BCUT2D eigenvalue weighted by Gasteiger charge is 1.98. The van der Waals surface area contributed by atoms with Crippen LogP contribution in [0.4, 0.5) is 0 Å². The molecule has 1 heterocycles. The third-order valence-electron chi connectivity index (χ3n) is 1.92. The maximum atomic E-state index is 11.2. The lowest BCUT2D eigenvalue weighted by Gasteiger charge is -2.08. The average molecular weight is 223 g/mol. The number of nitrogens with zero attached hydrogens (tertiary/aromatic N) is 1. The van der Waals surface area contributed by atoms with Gasteiger partial charge in [0, 0.05) is 12.6 Å². The molecule has 1 aromatic rings. The van der Waals surface area contributed by atoms with Gasteiger partial charge in [-0.25, -0.2) is 4.79 Å². The predicted octanol–water partition coefficient (Wildman–Crippen LogP) is 1.79. The Morgan fingerprint density at radius 3 is 3.00 bits per heavy atom. The molecule has 0 aliphatic carbocycles. The van der Waals surface area contributed by atoms with E-state index in [1.807, 2.05) is 19.0 Å². The van der Waals surface area contributed by atoms with Crippen LogP contribution in [0.15, 0.2) is 28.9 Å². The zero-order valence-corrected chi connectivity index (χ0v) is 9.68.